The Bertz CT molecular complexity index is 973. The molecule has 3 aromatic rings. The second-order valence-corrected chi connectivity index (χ2v) is 6.62. The lowest BCUT2D eigenvalue weighted by Gasteiger charge is -2.20. The number of anilines is 1. The van der Waals surface area contributed by atoms with Crippen LogP contribution in [0.15, 0.2) is 42.5 Å². The number of fused-ring (bicyclic) bond motifs is 1. The third-order valence-electron chi connectivity index (χ3n) is 4.77. The third-order valence-corrected chi connectivity index (χ3v) is 4.77. The van der Waals surface area contributed by atoms with E-state index in [9.17, 15) is 9.90 Å². The molecule has 0 aliphatic carbocycles. The summed E-state index contributed by atoms with van der Waals surface area (Å²) in [4.78, 5) is 22.4. The monoisotopic (exact) mass is 348 g/mol. The Kier molecular flexibility index (Phi) is 4.16. The van der Waals surface area contributed by atoms with Gasteiger partial charge >= 0.3 is 0 Å². The first-order valence-corrected chi connectivity index (χ1v) is 8.67. The van der Waals surface area contributed by atoms with Crippen LogP contribution in [0.1, 0.15) is 12.0 Å². The van der Waals surface area contributed by atoms with Gasteiger partial charge in [-0.2, -0.15) is 0 Å². The van der Waals surface area contributed by atoms with E-state index >= 15 is 0 Å². The lowest BCUT2D eigenvalue weighted by Crippen LogP contribution is -2.31. The van der Waals surface area contributed by atoms with E-state index in [0.717, 1.165) is 41.7 Å². The number of nitrogens with one attached hydrogen (secondary N) is 1. The zero-order chi connectivity index (χ0) is 18.1. The van der Waals surface area contributed by atoms with Crippen molar-refractivity contribution in [1.82, 2.24) is 15.3 Å². The van der Waals surface area contributed by atoms with Gasteiger partial charge in [-0.1, -0.05) is 18.2 Å². The predicted octanol–water partition coefficient (Wildman–Crippen LogP) is 2.64. The maximum atomic E-state index is 10.7. The number of aryl methyl sites for hydroxylation is 1. The molecule has 1 atom stereocenters. The largest absolute Gasteiger partial charge is 0.507 e. The molecule has 0 bridgehead atoms. The summed E-state index contributed by atoms with van der Waals surface area (Å²) in [7, 11) is 0. The minimum atomic E-state index is 0.122. The van der Waals surface area contributed by atoms with Crippen LogP contribution in [0.4, 0.5) is 5.82 Å². The molecule has 2 N–H and O–H groups in total. The lowest BCUT2D eigenvalue weighted by molar-refractivity contribution is -0.110. The maximum absolute atomic E-state index is 10.7. The molecule has 2 heterocycles. The summed E-state index contributed by atoms with van der Waals surface area (Å²) in [5.41, 5.74) is 2.58. The molecule has 1 saturated heterocycles. The molecule has 0 radical (unpaired) electrons. The first-order valence-electron chi connectivity index (χ1n) is 8.67. The average Bonchev–Trinajstić information content (AvgIpc) is 3.10. The van der Waals surface area contributed by atoms with Crippen molar-refractivity contribution < 1.29 is 9.90 Å². The number of amides is 1. The van der Waals surface area contributed by atoms with Gasteiger partial charge in [0.25, 0.3) is 0 Å². The van der Waals surface area contributed by atoms with Gasteiger partial charge in [0, 0.05) is 24.5 Å². The van der Waals surface area contributed by atoms with Crippen molar-refractivity contribution in [2.75, 3.05) is 18.0 Å². The SMILES string of the molecule is Cc1ccc2c(N3CC[C@@H](NC=O)C3)nc(-c3ccccc3O)nc2c1. The van der Waals surface area contributed by atoms with Crippen molar-refractivity contribution in [1.29, 1.82) is 0 Å². The molecule has 0 saturated carbocycles. The molecule has 1 aromatic heterocycles. The van der Waals surface area contributed by atoms with Crippen LogP contribution in [0.25, 0.3) is 22.3 Å². The van der Waals surface area contributed by atoms with Crippen LogP contribution in [0.5, 0.6) is 5.75 Å². The Hall–Kier alpha value is -3.15. The number of hydrogen-bond acceptors (Lipinski definition) is 5. The number of phenols is 1. The Morgan fingerprint density at radius 2 is 2.08 bits per heavy atom. The third kappa shape index (κ3) is 2.94. The highest BCUT2D eigenvalue weighted by atomic mass is 16.3. The van der Waals surface area contributed by atoms with E-state index < -0.39 is 0 Å². The summed E-state index contributed by atoms with van der Waals surface area (Å²) in [5.74, 6) is 1.50. The Morgan fingerprint density at radius 1 is 1.23 bits per heavy atom. The number of benzene rings is 2. The second kappa shape index (κ2) is 6.63. The molecule has 1 aliphatic rings. The number of para-hydroxylation sites is 1. The maximum Gasteiger partial charge on any atom is 0.207 e. The summed E-state index contributed by atoms with van der Waals surface area (Å²) in [6.07, 6.45) is 1.63. The Morgan fingerprint density at radius 3 is 2.88 bits per heavy atom. The summed E-state index contributed by atoms with van der Waals surface area (Å²) >= 11 is 0. The number of nitrogens with zero attached hydrogens (tertiary/aromatic N) is 3. The number of carbonyl (C=O) groups excluding carboxylic acids is 1. The average molecular weight is 348 g/mol. The summed E-state index contributed by atoms with van der Waals surface area (Å²) in [5, 5.41) is 14.0. The summed E-state index contributed by atoms with van der Waals surface area (Å²) in [6, 6.07) is 13.3. The second-order valence-electron chi connectivity index (χ2n) is 6.62. The molecular formula is C20H20N4O2. The van der Waals surface area contributed by atoms with Crippen LogP contribution in [0, 0.1) is 6.92 Å². The molecule has 6 heteroatoms. The highest BCUT2D eigenvalue weighted by Crippen LogP contribution is 2.33. The van der Waals surface area contributed by atoms with Crippen molar-refractivity contribution in [2.24, 2.45) is 0 Å². The van der Waals surface area contributed by atoms with Gasteiger partial charge in [-0.3, -0.25) is 4.79 Å². The molecule has 0 unspecified atom stereocenters. The normalized spacial score (nSPS) is 16.8. The number of aromatic hydroxyl groups is 1. The minimum absolute atomic E-state index is 0.122. The van der Waals surface area contributed by atoms with Gasteiger partial charge in [0.15, 0.2) is 5.82 Å². The van der Waals surface area contributed by atoms with Crippen LogP contribution in [-0.2, 0) is 4.79 Å². The number of rotatable bonds is 4. The molecule has 1 aliphatic heterocycles. The molecule has 4 rings (SSSR count). The van der Waals surface area contributed by atoms with Crippen molar-refractivity contribution in [3.8, 4) is 17.1 Å². The fourth-order valence-corrected chi connectivity index (χ4v) is 3.43. The first kappa shape index (κ1) is 16.3. The molecular weight excluding hydrogens is 328 g/mol. The highest BCUT2D eigenvalue weighted by molar-refractivity contribution is 5.92. The lowest BCUT2D eigenvalue weighted by atomic mass is 10.1. The smallest absolute Gasteiger partial charge is 0.207 e. The van der Waals surface area contributed by atoms with E-state index in [1.807, 2.05) is 37.3 Å². The molecule has 0 spiro atoms. The number of phenolic OH excluding ortho intramolecular Hbond substituents is 1. The standard InChI is InChI=1S/C20H20N4O2/c1-13-6-7-15-17(10-13)22-19(16-4-2-3-5-18(16)26)23-20(15)24-9-8-14(11-24)21-12-25/h2-7,10,12,14,26H,8-9,11H2,1H3,(H,21,25)/t14-/m1/s1. The summed E-state index contributed by atoms with van der Waals surface area (Å²) in [6.45, 7) is 3.55. The van der Waals surface area contributed by atoms with Crippen molar-refractivity contribution in [3.63, 3.8) is 0 Å². The van der Waals surface area contributed by atoms with Crippen LogP contribution in [-0.4, -0.2) is 40.6 Å². The van der Waals surface area contributed by atoms with E-state index in [1.54, 1.807) is 12.1 Å². The quantitative estimate of drug-likeness (QED) is 0.709. The van der Waals surface area contributed by atoms with Gasteiger partial charge in [-0.15, -0.1) is 0 Å². The number of carbonyl (C=O) groups is 1. The fraction of sp³-hybridized carbons (Fsp3) is 0.250. The summed E-state index contributed by atoms with van der Waals surface area (Å²) < 4.78 is 0. The number of hydrogen-bond donors (Lipinski definition) is 2. The van der Waals surface area contributed by atoms with Crippen LogP contribution < -0.4 is 10.2 Å². The van der Waals surface area contributed by atoms with Gasteiger partial charge in [-0.25, -0.2) is 9.97 Å². The van der Waals surface area contributed by atoms with Gasteiger partial charge in [0.2, 0.25) is 6.41 Å². The van der Waals surface area contributed by atoms with Crippen molar-refractivity contribution >= 4 is 23.1 Å². The Labute approximate surface area is 151 Å². The zero-order valence-electron chi connectivity index (χ0n) is 14.5. The molecule has 6 nitrogen and oxygen atoms in total. The van der Waals surface area contributed by atoms with E-state index in [1.165, 1.54) is 0 Å². The van der Waals surface area contributed by atoms with Crippen LogP contribution in [0.3, 0.4) is 0 Å². The minimum Gasteiger partial charge on any atom is -0.507 e. The van der Waals surface area contributed by atoms with Gasteiger partial charge in [0.1, 0.15) is 11.6 Å². The first-order chi connectivity index (χ1) is 12.7. The van der Waals surface area contributed by atoms with Crippen molar-refractivity contribution in [3.05, 3.63) is 48.0 Å². The predicted molar refractivity (Wildman–Crippen MR) is 101 cm³/mol. The van der Waals surface area contributed by atoms with Crippen molar-refractivity contribution in [2.45, 2.75) is 19.4 Å². The molecule has 2 aromatic carbocycles. The molecule has 26 heavy (non-hydrogen) atoms. The van der Waals surface area contributed by atoms with E-state index in [2.05, 4.69) is 15.2 Å². The van der Waals surface area contributed by atoms with Gasteiger partial charge < -0.3 is 15.3 Å². The Balaban J connectivity index is 1.85. The highest BCUT2D eigenvalue weighted by Gasteiger charge is 2.25. The van der Waals surface area contributed by atoms with E-state index in [0.29, 0.717) is 17.9 Å². The van der Waals surface area contributed by atoms with Crippen LogP contribution in [0.2, 0.25) is 0 Å². The number of aromatic nitrogens is 2. The van der Waals surface area contributed by atoms with Gasteiger partial charge in [0.05, 0.1) is 11.1 Å². The zero-order valence-corrected chi connectivity index (χ0v) is 14.5. The van der Waals surface area contributed by atoms with E-state index in [-0.39, 0.29) is 11.8 Å². The molecule has 1 fully saturated rings. The van der Waals surface area contributed by atoms with E-state index in [4.69, 9.17) is 4.98 Å². The van der Waals surface area contributed by atoms with Crippen LogP contribution >= 0.6 is 0 Å². The fourth-order valence-electron chi connectivity index (χ4n) is 3.43. The molecule has 1 amide bonds. The van der Waals surface area contributed by atoms with Gasteiger partial charge in [-0.05, 0) is 43.2 Å². The topological polar surface area (TPSA) is 78.4 Å². The molecule has 132 valence electrons.